The first kappa shape index (κ1) is 18.5. The van der Waals surface area contributed by atoms with Gasteiger partial charge in [-0.25, -0.2) is 0 Å². The van der Waals surface area contributed by atoms with Crippen LogP contribution in [0.15, 0.2) is 22.7 Å². The van der Waals surface area contributed by atoms with E-state index < -0.39 is 0 Å². The number of benzene rings is 1. The highest BCUT2D eigenvalue weighted by Gasteiger charge is 2.20. The first-order valence-corrected chi connectivity index (χ1v) is 9.82. The molecule has 2 aromatic rings. The van der Waals surface area contributed by atoms with E-state index in [1.807, 2.05) is 30.1 Å². The molecule has 1 aromatic carbocycles. The van der Waals surface area contributed by atoms with Gasteiger partial charge in [0.1, 0.15) is 29.0 Å². The fourth-order valence-electron chi connectivity index (χ4n) is 2.74. The summed E-state index contributed by atoms with van der Waals surface area (Å²) in [7, 11) is 1.91. The van der Waals surface area contributed by atoms with Gasteiger partial charge < -0.3 is 14.4 Å². The van der Waals surface area contributed by atoms with Gasteiger partial charge in [-0.1, -0.05) is 23.7 Å². The molecule has 1 aliphatic heterocycles. The van der Waals surface area contributed by atoms with Gasteiger partial charge in [-0.2, -0.15) is 9.64 Å². The Morgan fingerprint density at radius 2 is 2.40 bits per heavy atom. The molecule has 0 amide bonds. The van der Waals surface area contributed by atoms with Crippen molar-refractivity contribution in [1.29, 1.82) is 5.26 Å². The number of anilines is 1. The van der Waals surface area contributed by atoms with Crippen LogP contribution in [-0.4, -0.2) is 30.7 Å². The summed E-state index contributed by atoms with van der Waals surface area (Å²) in [5.74, 6) is 0.805. The van der Waals surface area contributed by atoms with Gasteiger partial charge in [0.05, 0.1) is 10.6 Å². The van der Waals surface area contributed by atoms with Gasteiger partial charge in [0.2, 0.25) is 0 Å². The Hall–Kier alpha value is -1.33. The molecule has 5 nitrogen and oxygen atoms in total. The van der Waals surface area contributed by atoms with Crippen molar-refractivity contribution < 1.29 is 9.47 Å². The molecule has 0 N–H and O–H groups in total. The van der Waals surface area contributed by atoms with Crippen LogP contribution in [0.25, 0.3) is 0 Å². The molecule has 1 aromatic heterocycles. The van der Waals surface area contributed by atoms with Gasteiger partial charge in [0.25, 0.3) is 0 Å². The van der Waals surface area contributed by atoms with Crippen LogP contribution in [0, 0.1) is 11.3 Å². The maximum absolute atomic E-state index is 9.27. The van der Waals surface area contributed by atoms with Crippen molar-refractivity contribution >= 4 is 44.1 Å². The van der Waals surface area contributed by atoms with Crippen LogP contribution in [0.5, 0.6) is 5.75 Å². The van der Waals surface area contributed by atoms with Gasteiger partial charge in [0.15, 0.2) is 5.15 Å². The minimum atomic E-state index is 0.156. The van der Waals surface area contributed by atoms with Gasteiger partial charge in [-0.15, -0.1) is 0 Å². The lowest BCUT2D eigenvalue weighted by molar-refractivity contribution is 0.0673. The fourth-order valence-corrected chi connectivity index (χ4v) is 4.24. The predicted molar refractivity (Wildman–Crippen MR) is 103 cm³/mol. The Morgan fingerprint density at radius 3 is 3.12 bits per heavy atom. The maximum Gasteiger partial charge on any atom is 0.162 e. The second kappa shape index (κ2) is 8.37. The Morgan fingerprint density at radius 1 is 1.56 bits per heavy atom. The van der Waals surface area contributed by atoms with E-state index in [9.17, 15) is 5.26 Å². The third-order valence-electron chi connectivity index (χ3n) is 3.98. The third kappa shape index (κ3) is 4.26. The number of nitriles is 1. The highest BCUT2D eigenvalue weighted by atomic mass is 79.9. The third-order valence-corrected chi connectivity index (χ3v) is 5.95. The summed E-state index contributed by atoms with van der Waals surface area (Å²) >= 11 is 10.8. The molecule has 25 heavy (non-hydrogen) atoms. The topological polar surface area (TPSA) is 58.4 Å². The predicted octanol–water partition coefficient (Wildman–Crippen LogP) is 4.62. The summed E-state index contributed by atoms with van der Waals surface area (Å²) in [6.45, 7) is 1.92. The highest BCUT2D eigenvalue weighted by molar-refractivity contribution is 9.10. The highest BCUT2D eigenvalue weighted by Crippen LogP contribution is 2.35. The van der Waals surface area contributed by atoms with E-state index in [2.05, 4.69) is 26.4 Å². The molecule has 0 spiro atoms. The van der Waals surface area contributed by atoms with Crippen LogP contribution in [0.3, 0.4) is 0 Å². The van der Waals surface area contributed by atoms with E-state index in [4.69, 9.17) is 21.1 Å². The standard InChI is InChI=1S/C17H17BrClN3O2S/c1-22(17-13(8-20)16(19)21-25-17)9-11-4-2-6-14(18)15(11)24-10-12-5-3-7-23-12/h2,4,6,12H,3,5,7,9-10H2,1H3. The smallest absolute Gasteiger partial charge is 0.162 e. The molecule has 1 aliphatic rings. The van der Waals surface area contributed by atoms with Crippen LogP contribution in [-0.2, 0) is 11.3 Å². The second-order valence-corrected chi connectivity index (χ2v) is 7.76. The molecule has 1 unspecified atom stereocenters. The van der Waals surface area contributed by atoms with Crippen LogP contribution in [0.4, 0.5) is 5.00 Å². The van der Waals surface area contributed by atoms with Crippen molar-refractivity contribution in [3.8, 4) is 11.8 Å². The molecule has 132 valence electrons. The van der Waals surface area contributed by atoms with E-state index in [0.29, 0.717) is 18.7 Å². The zero-order valence-electron chi connectivity index (χ0n) is 13.7. The molecule has 0 aliphatic carbocycles. The molecule has 1 fully saturated rings. The minimum absolute atomic E-state index is 0.156. The van der Waals surface area contributed by atoms with E-state index >= 15 is 0 Å². The SMILES string of the molecule is CN(Cc1cccc(Br)c1OCC1CCCO1)c1snc(Cl)c1C#N. The molecule has 0 bridgehead atoms. The number of aromatic nitrogens is 1. The monoisotopic (exact) mass is 441 g/mol. The molecular formula is C17H17BrClN3O2S. The Labute approximate surface area is 164 Å². The molecule has 1 atom stereocenters. The number of hydrogen-bond donors (Lipinski definition) is 0. The van der Waals surface area contributed by atoms with Crippen molar-refractivity contribution in [3.63, 3.8) is 0 Å². The first-order valence-electron chi connectivity index (χ1n) is 7.88. The normalized spacial score (nSPS) is 16.6. The molecule has 8 heteroatoms. The summed E-state index contributed by atoms with van der Waals surface area (Å²) in [6.07, 6.45) is 2.27. The van der Waals surface area contributed by atoms with E-state index in [1.165, 1.54) is 11.5 Å². The van der Waals surface area contributed by atoms with Gasteiger partial charge in [-0.05, 0) is 46.4 Å². The minimum Gasteiger partial charge on any atom is -0.489 e. The summed E-state index contributed by atoms with van der Waals surface area (Å²) in [5, 5.41) is 10.3. The zero-order chi connectivity index (χ0) is 17.8. The average Bonchev–Trinajstić information content (AvgIpc) is 3.23. The van der Waals surface area contributed by atoms with Crippen molar-refractivity contribution in [2.75, 3.05) is 25.2 Å². The lowest BCUT2D eigenvalue weighted by Crippen LogP contribution is -2.20. The van der Waals surface area contributed by atoms with Crippen LogP contribution in [0.1, 0.15) is 24.0 Å². The van der Waals surface area contributed by atoms with E-state index in [-0.39, 0.29) is 11.3 Å². The molecule has 2 heterocycles. The molecule has 0 saturated carbocycles. The summed E-state index contributed by atoms with van der Waals surface area (Å²) < 4.78 is 16.6. The zero-order valence-corrected chi connectivity index (χ0v) is 16.8. The average molecular weight is 443 g/mol. The molecule has 3 rings (SSSR count). The fraction of sp³-hybridized carbons (Fsp3) is 0.412. The number of halogens is 2. The van der Waals surface area contributed by atoms with E-state index in [0.717, 1.165) is 40.2 Å². The van der Waals surface area contributed by atoms with Crippen molar-refractivity contribution in [3.05, 3.63) is 39.0 Å². The molecular weight excluding hydrogens is 426 g/mol. The summed E-state index contributed by atoms with van der Waals surface area (Å²) in [4.78, 5) is 1.96. The van der Waals surface area contributed by atoms with Crippen molar-refractivity contribution in [2.24, 2.45) is 0 Å². The number of ether oxygens (including phenoxy) is 2. The largest absolute Gasteiger partial charge is 0.489 e. The van der Waals surface area contributed by atoms with Crippen molar-refractivity contribution in [1.82, 2.24) is 4.37 Å². The lowest BCUT2D eigenvalue weighted by Gasteiger charge is -2.21. The lowest BCUT2D eigenvalue weighted by atomic mass is 10.2. The van der Waals surface area contributed by atoms with Crippen LogP contribution < -0.4 is 9.64 Å². The maximum atomic E-state index is 9.27. The van der Waals surface area contributed by atoms with Gasteiger partial charge >= 0.3 is 0 Å². The van der Waals surface area contributed by atoms with Crippen LogP contribution in [0.2, 0.25) is 5.15 Å². The molecule has 1 saturated heterocycles. The number of hydrogen-bond acceptors (Lipinski definition) is 6. The quantitative estimate of drug-likeness (QED) is 0.653. The Balaban J connectivity index is 1.77. The summed E-state index contributed by atoms with van der Waals surface area (Å²) in [5.41, 5.74) is 1.43. The van der Waals surface area contributed by atoms with Gasteiger partial charge in [-0.3, -0.25) is 0 Å². The first-order chi connectivity index (χ1) is 12.1. The Bertz CT molecular complexity index is 787. The van der Waals surface area contributed by atoms with E-state index in [1.54, 1.807) is 0 Å². The molecule has 0 radical (unpaired) electrons. The number of rotatable bonds is 6. The summed E-state index contributed by atoms with van der Waals surface area (Å²) in [6, 6.07) is 8.06. The van der Waals surface area contributed by atoms with Crippen molar-refractivity contribution in [2.45, 2.75) is 25.5 Å². The van der Waals surface area contributed by atoms with Crippen LogP contribution >= 0.6 is 39.1 Å². The Kier molecular flexibility index (Phi) is 6.18. The number of para-hydroxylation sites is 1. The second-order valence-electron chi connectivity index (χ2n) is 5.80. The number of nitrogens with zero attached hydrogens (tertiary/aromatic N) is 3. The van der Waals surface area contributed by atoms with Gasteiger partial charge in [0, 0.05) is 25.8 Å².